The summed E-state index contributed by atoms with van der Waals surface area (Å²) >= 11 is 6.69. The first kappa shape index (κ1) is 41.3. The molecule has 3 heterocycles. The molecular formula is C40H38ClN7O9S. The van der Waals surface area contributed by atoms with Gasteiger partial charge in [0, 0.05) is 29.6 Å². The summed E-state index contributed by atoms with van der Waals surface area (Å²) in [7, 11) is -3.53. The first-order chi connectivity index (χ1) is 27.4. The molecule has 5 amide bonds. The first-order valence-corrected chi connectivity index (χ1v) is 20.3. The minimum absolute atomic E-state index is 0.00135. The van der Waals surface area contributed by atoms with Crippen LogP contribution in [0.15, 0.2) is 66.9 Å². The third-order valence-electron chi connectivity index (χ3n) is 9.79. The number of fused-ring (bicyclic) bond motifs is 1. The number of amides is 5. The van der Waals surface area contributed by atoms with Crippen LogP contribution in [0.1, 0.15) is 83.1 Å². The highest BCUT2D eigenvalue weighted by molar-refractivity contribution is 7.92. The molecule has 300 valence electrons. The van der Waals surface area contributed by atoms with Gasteiger partial charge >= 0.3 is 0 Å². The molecule has 18 heteroatoms. The van der Waals surface area contributed by atoms with Gasteiger partial charge in [-0.2, -0.15) is 5.26 Å². The maximum Gasteiger partial charge on any atom is 0.262 e. The van der Waals surface area contributed by atoms with E-state index in [2.05, 4.69) is 31.4 Å². The number of hydrogen-bond donors (Lipinski definition) is 3. The van der Waals surface area contributed by atoms with Crippen molar-refractivity contribution in [2.75, 3.05) is 22.9 Å². The summed E-state index contributed by atoms with van der Waals surface area (Å²) in [6, 6.07) is 17.8. The minimum atomic E-state index is -3.53. The van der Waals surface area contributed by atoms with Crippen molar-refractivity contribution in [3.63, 3.8) is 0 Å². The van der Waals surface area contributed by atoms with E-state index < -0.39 is 51.0 Å². The summed E-state index contributed by atoms with van der Waals surface area (Å²) in [4.78, 5) is 72.1. The van der Waals surface area contributed by atoms with Gasteiger partial charge in [0.05, 0.1) is 40.3 Å². The number of rotatable bonds is 14. The van der Waals surface area contributed by atoms with Crippen molar-refractivity contribution in [2.45, 2.75) is 58.1 Å². The average molecular weight is 828 g/mol. The van der Waals surface area contributed by atoms with Crippen molar-refractivity contribution in [1.29, 1.82) is 5.26 Å². The van der Waals surface area contributed by atoms with Crippen LogP contribution >= 0.6 is 11.6 Å². The number of imide groups is 2. The molecule has 2 unspecified atom stereocenters. The molecule has 3 N–H and O–H groups in total. The van der Waals surface area contributed by atoms with E-state index in [-0.39, 0.29) is 77.5 Å². The Hall–Kier alpha value is -6.38. The Kier molecular flexibility index (Phi) is 11.8. The van der Waals surface area contributed by atoms with Crippen molar-refractivity contribution < 1.29 is 41.9 Å². The molecule has 6 rings (SSSR count). The summed E-state index contributed by atoms with van der Waals surface area (Å²) in [6.07, 6.45) is 2.71. The van der Waals surface area contributed by atoms with Gasteiger partial charge in [-0.05, 0) is 72.5 Å². The summed E-state index contributed by atoms with van der Waals surface area (Å²) < 4.78 is 37.0. The van der Waals surface area contributed by atoms with Crippen LogP contribution in [-0.4, -0.2) is 71.7 Å². The van der Waals surface area contributed by atoms with Crippen LogP contribution in [0.5, 0.6) is 11.5 Å². The van der Waals surface area contributed by atoms with Crippen molar-refractivity contribution in [2.24, 2.45) is 5.92 Å². The van der Waals surface area contributed by atoms with E-state index >= 15 is 0 Å². The second-order valence-electron chi connectivity index (χ2n) is 14.4. The van der Waals surface area contributed by atoms with Crippen molar-refractivity contribution >= 4 is 62.8 Å². The number of nitrogens with one attached hydrogen (secondary N) is 3. The van der Waals surface area contributed by atoms with Crippen molar-refractivity contribution in [3.8, 4) is 17.6 Å². The lowest BCUT2D eigenvalue weighted by atomic mass is 9.77. The first-order valence-electron chi connectivity index (χ1n) is 18.0. The Labute approximate surface area is 339 Å². The van der Waals surface area contributed by atoms with E-state index in [0.29, 0.717) is 11.4 Å². The number of ether oxygens (including phenoxy) is 2. The Bertz CT molecular complexity index is 2490. The maximum atomic E-state index is 13.2. The molecule has 1 fully saturated rings. The molecular weight excluding hydrogens is 790 g/mol. The van der Waals surface area contributed by atoms with E-state index in [9.17, 15) is 37.7 Å². The zero-order chi connectivity index (χ0) is 41.9. The summed E-state index contributed by atoms with van der Waals surface area (Å²) in [5.41, 5.74) is 2.15. The Balaban J connectivity index is 1.04. The van der Waals surface area contributed by atoms with Gasteiger partial charge in [-0.25, -0.2) is 18.4 Å². The quantitative estimate of drug-likeness (QED) is 0.147. The summed E-state index contributed by atoms with van der Waals surface area (Å²) in [6.45, 7) is 5.78. The van der Waals surface area contributed by atoms with Gasteiger partial charge in [-0.3, -0.25) is 38.9 Å². The number of piperidine rings is 1. The standard InChI is InChI=1S/C40H38ClN7O9S/c1-22(35(50)44-26-7-10-29-30(19-26)38(53)48(37(29)52)32-11-12-33(49)46-36(32)51)14-16-56-34-23(20-42)17-25(18-31(34)41)40(2,3)24-5-8-28(9-6-24)57-21-27-13-15-43-39(45-27)47-58(4,54)55/h5-10,13,15,17-19,22,32H,11-12,14,16,21H2,1-4H3,(H,44,50)(H,43,45,47)(H,46,49,51). The number of carbonyl (C=O) groups is 5. The number of carbonyl (C=O) groups excluding carboxylic acids is 5. The van der Waals surface area contributed by atoms with E-state index in [1.807, 2.05) is 26.0 Å². The average Bonchev–Trinajstić information content (AvgIpc) is 3.41. The molecule has 2 atom stereocenters. The van der Waals surface area contributed by atoms with Gasteiger partial charge in [0.2, 0.25) is 33.7 Å². The number of hydrogen-bond acceptors (Lipinski definition) is 12. The largest absolute Gasteiger partial charge is 0.491 e. The molecule has 58 heavy (non-hydrogen) atoms. The lowest BCUT2D eigenvalue weighted by Gasteiger charge is -2.27. The Morgan fingerprint density at radius 3 is 2.45 bits per heavy atom. The minimum Gasteiger partial charge on any atom is -0.491 e. The second-order valence-corrected chi connectivity index (χ2v) is 16.5. The fourth-order valence-electron chi connectivity index (χ4n) is 6.45. The van der Waals surface area contributed by atoms with Crippen LogP contribution < -0.4 is 24.8 Å². The Morgan fingerprint density at radius 1 is 1.03 bits per heavy atom. The zero-order valence-electron chi connectivity index (χ0n) is 31.8. The Morgan fingerprint density at radius 2 is 1.76 bits per heavy atom. The highest BCUT2D eigenvalue weighted by atomic mass is 35.5. The molecule has 0 aliphatic carbocycles. The van der Waals surface area contributed by atoms with Gasteiger partial charge < -0.3 is 14.8 Å². The van der Waals surface area contributed by atoms with Gasteiger partial charge in [0.25, 0.3) is 11.8 Å². The number of anilines is 2. The number of nitrogens with zero attached hydrogens (tertiary/aromatic N) is 4. The van der Waals surface area contributed by atoms with E-state index in [1.165, 1.54) is 24.4 Å². The molecule has 0 radical (unpaired) electrons. The van der Waals surface area contributed by atoms with Crippen LogP contribution in [-0.2, 0) is 36.4 Å². The number of aromatic nitrogens is 2. The normalized spacial score (nSPS) is 15.9. The third kappa shape index (κ3) is 9.09. The zero-order valence-corrected chi connectivity index (χ0v) is 33.4. The molecule has 3 aromatic carbocycles. The molecule has 0 spiro atoms. The lowest BCUT2D eigenvalue weighted by molar-refractivity contribution is -0.136. The maximum absolute atomic E-state index is 13.2. The summed E-state index contributed by atoms with van der Waals surface area (Å²) in [5, 5.41) is 15.2. The third-order valence-corrected chi connectivity index (χ3v) is 10.6. The number of halogens is 1. The van der Waals surface area contributed by atoms with Crippen LogP contribution in [0.4, 0.5) is 11.6 Å². The molecule has 1 saturated heterocycles. The molecule has 1 aromatic heterocycles. The molecule has 0 bridgehead atoms. The number of sulfonamides is 1. The second kappa shape index (κ2) is 16.6. The SMILES string of the molecule is CC(CCOc1c(Cl)cc(C(C)(C)c2ccc(OCc3ccnc(NS(C)(=O)=O)n3)cc2)cc1C#N)C(=O)Nc1ccc2c(c1)C(=O)N(C1CCC(=O)NC1=O)C2=O. The predicted molar refractivity (Wildman–Crippen MR) is 211 cm³/mol. The smallest absolute Gasteiger partial charge is 0.262 e. The summed E-state index contributed by atoms with van der Waals surface area (Å²) in [5.74, 6) is -2.79. The molecule has 16 nitrogen and oxygen atoms in total. The van der Waals surface area contributed by atoms with Crippen molar-refractivity contribution in [1.82, 2.24) is 20.2 Å². The van der Waals surface area contributed by atoms with Gasteiger partial charge in [0.1, 0.15) is 24.5 Å². The highest BCUT2D eigenvalue weighted by Crippen LogP contribution is 2.39. The van der Waals surface area contributed by atoms with Crippen LogP contribution in [0.25, 0.3) is 0 Å². The number of benzene rings is 3. The van der Waals surface area contributed by atoms with Gasteiger partial charge in [-0.15, -0.1) is 0 Å². The lowest BCUT2D eigenvalue weighted by Crippen LogP contribution is -2.54. The molecule has 2 aliphatic rings. The van der Waals surface area contributed by atoms with Crippen LogP contribution in [0.3, 0.4) is 0 Å². The van der Waals surface area contributed by atoms with Crippen LogP contribution in [0.2, 0.25) is 5.02 Å². The fraction of sp³-hybridized carbons (Fsp3) is 0.300. The molecule has 4 aromatic rings. The molecule has 0 saturated carbocycles. The van der Waals surface area contributed by atoms with E-state index in [1.54, 1.807) is 37.3 Å². The van der Waals surface area contributed by atoms with E-state index in [0.717, 1.165) is 22.3 Å². The van der Waals surface area contributed by atoms with Crippen LogP contribution in [0, 0.1) is 17.2 Å². The topological polar surface area (TPSA) is 227 Å². The van der Waals surface area contributed by atoms with Gasteiger partial charge in [-0.1, -0.05) is 44.5 Å². The predicted octanol–water partition coefficient (Wildman–Crippen LogP) is 4.72. The number of nitriles is 1. The fourth-order valence-corrected chi connectivity index (χ4v) is 7.15. The van der Waals surface area contributed by atoms with Crippen molar-refractivity contribution in [3.05, 3.63) is 105 Å². The van der Waals surface area contributed by atoms with Gasteiger partial charge in [0.15, 0.2) is 5.75 Å². The molecule has 2 aliphatic heterocycles. The van der Waals surface area contributed by atoms with E-state index in [4.69, 9.17) is 21.1 Å². The monoisotopic (exact) mass is 827 g/mol. The highest BCUT2D eigenvalue weighted by Gasteiger charge is 2.44.